The van der Waals surface area contributed by atoms with Crippen LogP contribution in [0.1, 0.15) is 10.6 Å². The molecule has 0 atom stereocenters. The first kappa shape index (κ1) is 18.3. The van der Waals surface area contributed by atoms with Crippen LogP contribution in [0.5, 0.6) is 5.75 Å². The van der Waals surface area contributed by atoms with Gasteiger partial charge in [-0.25, -0.2) is 9.48 Å². The van der Waals surface area contributed by atoms with Crippen molar-refractivity contribution in [3.8, 4) is 11.4 Å². The standard InChI is InChI=1S/C18H19ClN4O2S/c1-22(12-16-7-8-17(19)26-16)18(24)20-11-13-9-10-23(21-13)14-3-5-15(25-2)6-4-14/h3-10H,11-12H2,1-2H3,(H,20,24). The van der Waals surface area contributed by atoms with Gasteiger partial charge in [0.25, 0.3) is 0 Å². The monoisotopic (exact) mass is 390 g/mol. The summed E-state index contributed by atoms with van der Waals surface area (Å²) in [6, 6.07) is 13.1. The fourth-order valence-corrected chi connectivity index (χ4v) is 3.52. The maximum atomic E-state index is 12.2. The number of nitrogens with one attached hydrogen (secondary N) is 1. The van der Waals surface area contributed by atoms with Gasteiger partial charge in [0.15, 0.2) is 0 Å². The number of thiophene rings is 1. The van der Waals surface area contributed by atoms with E-state index in [4.69, 9.17) is 16.3 Å². The van der Waals surface area contributed by atoms with E-state index >= 15 is 0 Å². The fraction of sp³-hybridized carbons (Fsp3) is 0.222. The highest BCUT2D eigenvalue weighted by atomic mass is 35.5. The van der Waals surface area contributed by atoms with Crippen molar-refractivity contribution in [2.24, 2.45) is 0 Å². The molecule has 3 rings (SSSR count). The van der Waals surface area contributed by atoms with Gasteiger partial charge in [0.1, 0.15) is 5.75 Å². The molecule has 2 aromatic heterocycles. The number of ether oxygens (including phenoxy) is 1. The van der Waals surface area contributed by atoms with Crippen LogP contribution in [0.25, 0.3) is 5.69 Å². The molecule has 0 aliphatic heterocycles. The number of aromatic nitrogens is 2. The first-order valence-electron chi connectivity index (χ1n) is 7.97. The average molecular weight is 391 g/mol. The van der Waals surface area contributed by atoms with E-state index in [-0.39, 0.29) is 6.03 Å². The van der Waals surface area contributed by atoms with Crippen molar-refractivity contribution in [1.29, 1.82) is 0 Å². The molecule has 0 unspecified atom stereocenters. The van der Waals surface area contributed by atoms with E-state index in [1.165, 1.54) is 11.3 Å². The zero-order valence-corrected chi connectivity index (χ0v) is 16.0. The lowest BCUT2D eigenvalue weighted by Crippen LogP contribution is -2.36. The number of hydrogen-bond acceptors (Lipinski definition) is 4. The van der Waals surface area contributed by atoms with Gasteiger partial charge in [-0.2, -0.15) is 5.10 Å². The van der Waals surface area contributed by atoms with Crippen LogP contribution in [0.2, 0.25) is 4.34 Å². The maximum Gasteiger partial charge on any atom is 0.317 e. The smallest absolute Gasteiger partial charge is 0.317 e. The summed E-state index contributed by atoms with van der Waals surface area (Å²) in [4.78, 5) is 14.9. The van der Waals surface area contributed by atoms with Gasteiger partial charge in [0.05, 0.1) is 35.9 Å². The summed E-state index contributed by atoms with van der Waals surface area (Å²) in [5.41, 5.74) is 1.71. The SMILES string of the molecule is COc1ccc(-n2ccc(CNC(=O)N(C)Cc3ccc(Cl)s3)n2)cc1. The molecule has 0 saturated heterocycles. The summed E-state index contributed by atoms with van der Waals surface area (Å²) < 4.78 is 7.64. The third kappa shape index (κ3) is 4.56. The number of carbonyl (C=O) groups is 1. The van der Waals surface area contributed by atoms with E-state index < -0.39 is 0 Å². The molecule has 8 heteroatoms. The first-order valence-corrected chi connectivity index (χ1v) is 9.17. The number of carbonyl (C=O) groups excluding carboxylic acids is 1. The second kappa shape index (κ2) is 8.25. The number of benzene rings is 1. The van der Waals surface area contributed by atoms with E-state index in [0.717, 1.165) is 26.3 Å². The summed E-state index contributed by atoms with van der Waals surface area (Å²) in [5.74, 6) is 0.795. The molecule has 0 bridgehead atoms. The molecule has 0 fully saturated rings. The highest BCUT2D eigenvalue weighted by Gasteiger charge is 2.11. The van der Waals surface area contributed by atoms with Crippen LogP contribution in [0.3, 0.4) is 0 Å². The van der Waals surface area contributed by atoms with Crippen LogP contribution >= 0.6 is 22.9 Å². The molecule has 2 heterocycles. The second-order valence-corrected chi connectivity index (χ2v) is 7.47. The average Bonchev–Trinajstić information content (AvgIpc) is 3.28. The largest absolute Gasteiger partial charge is 0.497 e. The molecular formula is C18H19ClN4O2S. The lowest BCUT2D eigenvalue weighted by Gasteiger charge is -2.16. The van der Waals surface area contributed by atoms with Crippen molar-refractivity contribution in [2.75, 3.05) is 14.2 Å². The van der Waals surface area contributed by atoms with Gasteiger partial charge in [-0.3, -0.25) is 0 Å². The highest BCUT2D eigenvalue weighted by molar-refractivity contribution is 7.16. The molecule has 0 aliphatic carbocycles. The molecule has 2 amide bonds. The molecular weight excluding hydrogens is 372 g/mol. The van der Waals surface area contributed by atoms with E-state index in [1.54, 1.807) is 23.7 Å². The molecule has 0 saturated carbocycles. The number of rotatable bonds is 6. The predicted octanol–water partition coefficient (Wildman–Crippen LogP) is 3.94. The van der Waals surface area contributed by atoms with E-state index in [0.29, 0.717) is 13.1 Å². The Labute approximate surface area is 161 Å². The molecule has 26 heavy (non-hydrogen) atoms. The number of urea groups is 1. The third-order valence-electron chi connectivity index (χ3n) is 3.77. The second-order valence-electron chi connectivity index (χ2n) is 5.67. The van der Waals surface area contributed by atoms with Crippen LogP contribution in [-0.4, -0.2) is 34.9 Å². The molecule has 3 aromatic rings. The minimum atomic E-state index is -0.159. The maximum absolute atomic E-state index is 12.2. The van der Waals surface area contributed by atoms with Gasteiger partial charge in [0.2, 0.25) is 0 Å². The van der Waals surface area contributed by atoms with Gasteiger partial charge in [-0.05, 0) is 42.5 Å². The van der Waals surface area contributed by atoms with Crippen molar-refractivity contribution >= 4 is 29.0 Å². The van der Waals surface area contributed by atoms with Crippen LogP contribution < -0.4 is 10.1 Å². The van der Waals surface area contributed by atoms with Gasteiger partial charge in [-0.15, -0.1) is 11.3 Å². The Morgan fingerprint density at radius 1 is 1.27 bits per heavy atom. The highest BCUT2D eigenvalue weighted by Crippen LogP contribution is 2.22. The Morgan fingerprint density at radius 2 is 2.04 bits per heavy atom. The Balaban J connectivity index is 1.54. The molecule has 0 spiro atoms. The van der Waals surface area contributed by atoms with Crippen molar-refractivity contribution in [3.63, 3.8) is 0 Å². The van der Waals surface area contributed by atoms with Crippen molar-refractivity contribution < 1.29 is 9.53 Å². The number of halogens is 1. The number of hydrogen-bond donors (Lipinski definition) is 1. The minimum absolute atomic E-state index is 0.159. The summed E-state index contributed by atoms with van der Waals surface area (Å²) >= 11 is 7.39. The predicted molar refractivity (Wildman–Crippen MR) is 103 cm³/mol. The quantitative estimate of drug-likeness (QED) is 0.693. The first-order chi connectivity index (χ1) is 12.5. The van der Waals surface area contributed by atoms with E-state index in [2.05, 4.69) is 10.4 Å². The Hall–Kier alpha value is -2.51. The molecule has 136 valence electrons. The van der Waals surface area contributed by atoms with E-state index in [9.17, 15) is 4.79 Å². The zero-order valence-electron chi connectivity index (χ0n) is 14.5. The summed E-state index contributed by atoms with van der Waals surface area (Å²) in [6.07, 6.45) is 1.86. The van der Waals surface area contributed by atoms with Crippen molar-refractivity contribution in [2.45, 2.75) is 13.1 Å². The lowest BCUT2D eigenvalue weighted by molar-refractivity contribution is 0.206. The van der Waals surface area contributed by atoms with E-state index in [1.807, 2.05) is 48.7 Å². The summed E-state index contributed by atoms with van der Waals surface area (Å²) in [6.45, 7) is 0.876. The molecule has 1 aromatic carbocycles. The zero-order chi connectivity index (χ0) is 18.5. The van der Waals surface area contributed by atoms with Crippen LogP contribution in [0, 0.1) is 0 Å². The third-order valence-corrected chi connectivity index (χ3v) is 4.99. The number of methoxy groups -OCH3 is 1. The minimum Gasteiger partial charge on any atom is -0.497 e. The van der Waals surface area contributed by atoms with Gasteiger partial charge in [-0.1, -0.05) is 11.6 Å². The normalized spacial score (nSPS) is 10.6. The Morgan fingerprint density at radius 3 is 2.69 bits per heavy atom. The summed E-state index contributed by atoms with van der Waals surface area (Å²) in [7, 11) is 3.38. The van der Waals surface area contributed by atoms with Gasteiger partial charge in [0, 0.05) is 18.1 Å². The van der Waals surface area contributed by atoms with Crippen LogP contribution in [0.15, 0.2) is 48.7 Å². The van der Waals surface area contributed by atoms with Gasteiger partial charge < -0.3 is 15.0 Å². The van der Waals surface area contributed by atoms with Crippen LogP contribution in [0.4, 0.5) is 4.79 Å². The number of amides is 2. The molecule has 0 radical (unpaired) electrons. The Kier molecular flexibility index (Phi) is 5.80. The topological polar surface area (TPSA) is 59.4 Å². The number of nitrogens with zero attached hydrogens (tertiary/aromatic N) is 3. The van der Waals surface area contributed by atoms with Crippen LogP contribution in [-0.2, 0) is 13.1 Å². The van der Waals surface area contributed by atoms with Crippen molar-refractivity contribution in [1.82, 2.24) is 20.0 Å². The lowest BCUT2D eigenvalue weighted by atomic mass is 10.3. The molecule has 1 N–H and O–H groups in total. The molecule has 6 nitrogen and oxygen atoms in total. The van der Waals surface area contributed by atoms with Crippen molar-refractivity contribution in [3.05, 3.63) is 63.6 Å². The fourth-order valence-electron chi connectivity index (χ4n) is 2.38. The van der Waals surface area contributed by atoms with Gasteiger partial charge >= 0.3 is 6.03 Å². The summed E-state index contributed by atoms with van der Waals surface area (Å²) in [5, 5.41) is 7.35. The Bertz CT molecular complexity index is 875. The molecule has 0 aliphatic rings.